The number of nitrogens with one attached hydrogen (secondary N) is 3. The van der Waals surface area contributed by atoms with Gasteiger partial charge in [0.05, 0.1) is 11.0 Å². The SMILES string of the molecule is C=C/C=C(/c1ccc(C)s1)c1nc(-c2n[nH]/c(=C/C=C(C)/C(/C=C(\C=C)NC(=C)CC3CCCCC3)=C/C)c2=C)[nH]c1C. The van der Waals surface area contributed by atoms with E-state index in [1.54, 1.807) is 17.4 Å². The highest BCUT2D eigenvalue weighted by Gasteiger charge is 2.17. The fourth-order valence-electron chi connectivity index (χ4n) is 5.56. The summed E-state index contributed by atoms with van der Waals surface area (Å²) in [5.74, 6) is 1.42. The highest BCUT2D eigenvalue weighted by molar-refractivity contribution is 7.13. The lowest BCUT2D eigenvalue weighted by Gasteiger charge is -2.23. The predicted molar refractivity (Wildman–Crippen MR) is 186 cm³/mol. The first-order valence-corrected chi connectivity index (χ1v) is 15.9. The number of aryl methyl sites for hydroxylation is 2. The molecule has 3 aromatic heterocycles. The van der Waals surface area contributed by atoms with E-state index in [9.17, 15) is 0 Å². The quantitative estimate of drug-likeness (QED) is 0.186. The third-order valence-corrected chi connectivity index (χ3v) is 8.97. The van der Waals surface area contributed by atoms with Crippen LogP contribution >= 0.6 is 11.3 Å². The van der Waals surface area contributed by atoms with E-state index in [4.69, 9.17) is 4.98 Å². The summed E-state index contributed by atoms with van der Waals surface area (Å²) in [5, 5.41) is 12.8. The number of imidazole rings is 1. The monoisotopic (exact) mass is 591 g/mol. The number of thiophene rings is 1. The van der Waals surface area contributed by atoms with Crippen molar-refractivity contribution in [2.45, 2.75) is 66.2 Å². The summed E-state index contributed by atoms with van der Waals surface area (Å²) in [4.78, 5) is 10.8. The van der Waals surface area contributed by atoms with Gasteiger partial charge in [-0.05, 0) is 81.5 Å². The Labute approximate surface area is 260 Å². The zero-order chi connectivity index (χ0) is 30.9. The molecule has 6 heteroatoms. The average Bonchev–Trinajstić information content (AvgIpc) is 3.71. The fraction of sp³-hybridized carbons (Fsp3) is 0.297. The molecule has 3 N–H and O–H groups in total. The lowest BCUT2D eigenvalue weighted by molar-refractivity contribution is 0.353. The second-order valence-electron chi connectivity index (χ2n) is 11.3. The van der Waals surface area contributed by atoms with Crippen molar-refractivity contribution in [2.75, 3.05) is 0 Å². The van der Waals surface area contributed by atoms with Gasteiger partial charge in [-0.2, -0.15) is 5.10 Å². The van der Waals surface area contributed by atoms with Crippen LogP contribution in [0.3, 0.4) is 0 Å². The Balaban J connectivity index is 1.54. The van der Waals surface area contributed by atoms with Crippen LogP contribution in [0.15, 0.2) is 90.9 Å². The molecule has 5 nitrogen and oxygen atoms in total. The molecule has 224 valence electrons. The molecule has 0 aliphatic heterocycles. The van der Waals surface area contributed by atoms with Crippen molar-refractivity contribution < 1.29 is 0 Å². The first-order chi connectivity index (χ1) is 20.7. The molecule has 0 atom stereocenters. The number of hydrogen-bond acceptors (Lipinski definition) is 4. The smallest absolute Gasteiger partial charge is 0.159 e. The Hall–Kier alpha value is -4.16. The number of aromatic nitrogens is 4. The zero-order valence-electron chi connectivity index (χ0n) is 26.1. The minimum Gasteiger partial charge on any atom is -0.359 e. The molecule has 0 amide bonds. The molecule has 3 heterocycles. The summed E-state index contributed by atoms with van der Waals surface area (Å²) >= 11 is 1.74. The van der Waals surface area contributed by atoms with E-state index in [1.807, 2.05) is 32.1 Å². The maximum absolute atomic E-state index is 4.94. The number of H-pyrrole nitrogens is 2. The lowest BCUT2D eigenvalue weighted by atomic mass is 9.86. The van der Waals surface area contributed by atoms with Crippen molar-refractivity contribution in [1.29, 1.82) is 0 Å². The second kappa shape index (κ2) is 14.8. The summed E-state index contributed by atoms with van der Waals surface area (Å²) in [6.07, 6.45) is 21.7. The topological polar surface area (TPSA) is 69.4 Å². The standard InChI is InChI=1S/C37H45N5S/c1-9-15-32(34-21-19-26(6)43-34)36-28(8)39-37(40-36)35-27(7)33(41-42-35)20-18-24(4)30(10-2)23-31(11-3)38-25(5)22-29-16-13-12-14-17-29/h9-11,15,18-21,23,29,38,41H,1,3,5,7,12-14,16-17,22H2,2,4,6,8H3,(H,39,40)/b24-18+,30-10+,31-23+,32-15-,33-20+. The predicted octanol–water partition coefficient (Wildman–Crippen LogP) is 8.32. The number of rotatable bonds is 12. The molecule has 1 saturated carbocycles. The summed E-state index contributed by atoms with van der Waals surface area (Å²) in [5.41, 5.74) is 7.82. The van der Waals surface area contributed by atoms with Crippen LogP contribution in [-0.2, 0) is 0 Å². The third-order valence-electron chi connectivity index (χ3n) is 7.93. The number of hydrogen-bond donors (Lipinski definition) is 3. The van der Waals surface area contributed by atoms with Crippen molar-refractivity contribution in [3.8, 4) is 11.5 Å². The highest BCUT2D eigenvalue weighted by atomic mass is 32.1. The van der Waals surface area contributed by atoms with Gasteiger partial charge in [-0.25, -0.2) is 4.98 Å². The van der Waals surface area contributed by atoms with Crippen LogP contribution < -0.4 is 15.9 Å². The van der Waals surface area contributed by atoms with E-state index in [1.165, 1.54) is 37.0 Å². The molecule has 0 saturated heterocycles. The van der Waals surface area contributed by atoms with Gasteiger partial charge in [-0.1, -0.05) is 82.7 Å². The minimum absolute atomic E-state index is 0.685. The Kier molecular flexibility index (Phi) is 11.0. The Bertz CT molecular complexity index is 1710. The molecule has 0 bridgehead atoms. The van der Waals surface area contributed by atoms with Gasteiger partial charge >= 0.3 is 0 Å². The average molecular weight is 592 g/mol. The van der Waals surface area contributed by atoms with Gasteiger partial charge in [0.1, 0.15) is 5.69 Å². The van der Waals surface area contributed by atoms with E-state index in [2.05, 4.69) is 91.0 Å². The summed E-state index contributed by atoms with van der Waals surface area (Å²) < 4.78 is 0. The number of aromatic amines is 2. The molecule has 0 aromatic carbocycles. The van der Waals surface area contributed by atoms with Gasteiger partial charge in [0.15, 0.2) is 5.82 Å². The van der Waals surface area contributed by atoms with Gasteiger partial charge in [0.25, 0.3) is 0 Å². The van der Waals surface area contributed by atoms with E-state index >= 15 is 0 Å². The fourth-order valence-corrected chi connectivity index (χ4v) is 6.45. The van der Waals surface area contributed by atoms with Crippen LogP contribution in [0.4, 0.5) is 0 Å². The molecule has 0 unspecified atom stereocenters. The summed E-state index contributed by atoms with van der Waals surface area (Å²) in [7, 11) is 0. The molecule has 0 spiro atoms. The van der Waals surface area contributed by atoms with Crippen molar-refractivity contribution >= 4 is 29.6 Å². The first kappa shape index (κ1) is 31.8. The van der Waals surface area contributed by atoms with Gasteiger partial charge in [-0.15, -0.1) is 11.3 Å². The molecule has 0 radical (unpaired) electrons. The number of nitrogens with zero attached hydrogens (tertiary/aromatic N) is 2. The van der Waals surface area contributed by atoms with Gasteiger partial charge in [0, 0.05) is 37.6 Å². The van der Waals surface area contributed by atoms with Crippen molar-refractivity contribution in [2.24, 2.45) is 5.92 Å². The largest absolute Gasteiger partial charge is 0.359 e. The van der Waals surface area contributed by atoms with Crippen molar-refractivity contribution in [1.82, 2.24) is 25.5 Å². The van der Waals surface area contributed by atoms with Crippen LogP contribution in [0.5, 0.6) is 0 Å². The third kappa shape index (κ3) is 8.02. The lowest BCUT2D eigenvalue weighted by Crippen LogP contribution is -2.21. The zero-order valence-corrected chi connectivity index (χ0v) is 27.0. The molecule has 43 heavy (non-hydrogen) atoms. The van der Waals surface area contributed by atoms with Gasteiger partial charge in [-0.3, -0.25) is 5.10 Å². The maximum Gasteiger partial charge on any atom is 0.159 e. The Morgan fingerprint density at radius 3 is 2.56 bits per heavy atom. The highest BCUT2D eigenvalue weighted by Crippen LogP contribution is 2.31. The van der Waals surface area contributed by atoms with E-state index in [0.717, 1.165) is 67.3 Å². The summed E-state index contributed by atoms with van der Waals surface area (Å²) in [6, 6.07) is 4.25. The van der Waals surface area contributed by atoms with E-state index in [-0.39, 0.29) is 0 Å². The number of allylic oxidation sites excluding steroid dienone is 9. The maximum atomic E-state index is 4.94. The minimum atomic E-state index is 0.685. The second-order valence-corrected chi connectivity index (χ2v) is 12.5. The molecule has 1 aliphatic carbocycles. The Morgan fingerprint density at radius 2 is 1.91 bits per heavy atom. The molecule has 4 rings (SSSR count). The van der Waals surface area contributed by atoms with Crippen LogP contribution in [0.2, 0.25) is 0 Å². The molecule has 3 aromatic rings. The van der Waals surface area contributed by atoms with Crippen LogP contribution in [0, 0.1) is 19.8 Å². The normalized spacial score (nSPS) is 16.0. The van der Waals surface area contributed by atoms with Gasteiger partial charge in [0.2, 0.25) is 0 Å². The van der Waals surface area contributed by atoms with Crippen LogP contribution in [0.1, 0.15) is 73.5 Å². The van der Waals surface area contributed by atoms with Gasteiger partial charge < -0.3 is 10.3 Å². The van der Waals surface area contributed by atoms with Crippen molar-refractivity contribution in [3.05, 3.63) is 123 Å². The van der Waals surface area contributed by atoms with E-state index < -0.39 is 0 Å². The molecular formula is C37H45N5S. The molecule has 1 aliphatic rings. The molecule has 1 fully saturated rings. The molecular weight excluding hydrogens is 547 g/mol. The van der Waals surface area contributed by atoms with Crippen molar-refractivity contribution in [3.63, 3.8) is 0 Å². The Morgan fingerprint density at radius 1 is 1.14 bits per heavy atom. The van der Waals surface area contributed by atoms with Crippen LogP contribution in [-0.4, -0.2) is 20.2 Å². The van der Waals surface area contributed by atoms with E-state index in [0.29, 0.717) is 11.5 Å². The first-order valence-electron chi connectivity index (χ1n) is 15.1. The summed E-state index contributed by atoms with van der Waals surface area (Å²) in [6.45, 7) is 24.8. The van der Waals surface area contributed by atoms with Crippen LogP contribution in [0.25, 0.3) is 29.7 Å².